The lowest BCUT2D eigenvalue weighted by Gasteiger charge is -2.33. The highest BCUT2D eigenvalue weighted by atomic mass is 16.5. The first-order chi connectivity index (χ1) is 14.6. The zero-order valence-corrected chi connectivity index (χ0v) is 17.3. The molecule has 9 nitrogen and oxygen atoms in total. The third-order valence-electron chi connectivity index (χ3n) is 5.20. The molecule has 1 aromatic carbocycles. The number of piperidine rings is 1. The molecule has 0 saturated carbocycles. The van der Waals surface area contributed by atoms with Gasteiger partial charge in [0.2, 0.25) is 5.75 Å². The summed E-state index contributed by atoms with van der Waals surface area (Å²) < 4.78 is 16.0. The Balaban J connectivity index is 1.60. The molecule has 158 valence electrons. The maximum absolute atomic E-state index is 12.8. The van der Waals surface area contributed by atoms with Gasteiger partial charge >= 0.3 is 0 Å². The second-order valence-corrected chi connectivity index (χ2v) is 6.86. The lowest BCUT2D eigenvalue weighted by molar-refractivity contribution is 0.0941. The van der Waals surface area contributed by atoms with Crippen LogP contribution in [0.25, 0.3) is 0 Å². The van der Waals surface area contributed by atoms with Crippen molar-refractivity contribution in [3.63, 3.8) is 0 Å². The zero-order valence-electron chi connectivity index (χ0n) is 17.3. The topological polar surface area (TPSA) is 110 Å². The molecule has 3 rings (SSSR count). The van der Waals surface area contributed by atoms with Gasteiger partial charge in [0.05, 0.1) is 26.9 Å². The second-order valence-electron chi connectivity index (χ2n) is 6.86. The van der Waals surface area contributed by atoms with Crippen molar-refractivity contribution in [1.29, 1.82) is 5.26 Å². The van der Waals surface area contributed by atoms with Crippen LogP contribution in [0, 0.1) is 17.2 Å². The molecular formula is C21H25N5O4. The van der Waals surface area contributed by atoms with E-state index in [1.165, 1.54) is 27.5 Å². The van der Waals surface area contributed by atoms with E-state index in [9.17, 15) is 10.1 Å². The van der Waals surface area contributed by atoms with Crippen LogP contribution in [-0.4, -0.2) is 56.8 Å². The largest absolute Gasteiger partial charge is 0.493 e. The number of methoxy groups -OCH3 is 3. The van der Waals surface area contributed by atoms with Crippen LogP contribution in [0.5, 0.6) is 17.2 Å². The molecule has 0 atom stereocenters. The Morgan fingerprint density at radius 2 is 1.83 bits per heavy atom. The van der Waals surface area contributed by atoms with Crippen molar-refractivity contribution < 1.29 is 19.0 Å². The Morgan fingerprint density at radius 3 is 2.47 bits per heavy atom. The minimum absolute atomic E-state index is 0.226. The number of aromatic nitrogens is 2. The SMILES string of the molecule is COc1ccc(C(=O)NCC2CCN(c3nccnc3C#N)CC2)c(OC)c1OC. The highest BCUT2D eigenvalue weighted by molar-refractivity contribution is 5.98. The summed E-state index contributed by atoms with van der Waals surface area (Å²) >= 11 is 0. The van der Waals surface area contributed by atoms with Gasteiger partial charge in [0.15, 0.2) is 23.0 Å². The van der Waals surface area contributed by atoms with E-state index in [4.69, 9.17) is 14.2 Å². The number of hydrogen-bond donors (Lipinski definition) is 1. The molecule has 2 aromatic rings. The van der Waals surface area contributed by atoms with Gasteiger partial charge in [0, 0.05) is 32.0 Å². The van der Waals surface area contributed by atoms with Gasteiger partial charge in [-0.2, -0.15) is 5.26 Å². The Kier molecular flexibility index (Phi) is 6.91. The van der Waals surface area contributed by atoms with Crippen molar-refractivity contribution in [2.75, 3.05) is 45.9 Å². The monoisotopic (exact) mass is 411 g/mol. The van der Waals surface area contributed by atoms with Crippen LogP contribution < -0.4 is 24.4 Å². The first-order valence-electron chi connectivity index (χ1n) is 9.66. The van der Waals surface area contributed by atoms with Crippen LogP contribution in [0.2, 0.25) is 0 Å². The third kappa shape index (κ3) is 4.38. The van der Waals surface area contributed by atoms with Gasteiger partial charge < -0.3 is 24.4 Å². The molecular weight excluding hydrogens is 386 g/mol. The highest BCUT2D eigenvalue weighted by Gasteiger charge is 2.24. The summed E-state index contributed by atoms with van der Waals surface area (Å²) in [6, 6.07) is 5.43. The second kappa shape index (κ2) is 9.78. The van der Waals surface area contributed by atoms with E-state index in [0.29, 0.717) is 46.8 Å². The van der Waals surface area contributed by atoms with Crippen molar-refractivity contribution in [1.82, 2.24) is 15.3 Å². The molecule has 1 aliphatic heterocycles. The van der Waals surface area contributed by atoms with Crippen LogP contribution in [0.3, 0.4) is 0 Å². The summed E-state index contributed by atoms with van der Waals surface area (Å²) in [7, 11) is 4.53. The standard InChI is InChI=1S/C21H25N5O4/c1-28-17-5-4-15(18(29-2)19(17)30-3)21(27)25-13-14-6-10-26(11-7-14)20-16(12-22)23-8-9-24-20/h4-5,8-9,14H,6-7,10-11,13H2,1-3H3,(H,25,27). The zero-order chi connectivity index (χ0) is 21.5. The van der Waals surface area contributed by atoms with Crippen molar-refractivity contribution in [3.05, 3.63) is 35.8 Å². The van der Waals surface area contributed by atoms with E-state index < -0.39 is 0 Å². The molecule has 1 fully saturated rings. The first-order valence-corrected chi connectivity index (χ1v) is 9.66. The number of carbonyl (C=O) groups is 1. The molecule has 2 heterocycles. The fraction of sp³-hybridized carbons (Fsp3) is 0.429. The van der Waals surface area contributed by atoms with E-state index in [1.54, 1.807) is 18.3 Å². The molecule has 30 heavy (non-hydrogen) atoms. The molecule has 1 N–H and O–H groups in total. The summed E-state index contributed by atoms with van der Waals surface area (Å²) in [5, 5.41) is 12.2. The normalized spacial score (nSPS) is 14.0. The molecule has 1 aromatic heterocycles. The predicted octanol–water partition coefficient (Wildman–Crippen LogP) is 2.02. The van der Waals surface area contributed by atoms with Crippen molar-refractivity contribution in [2.45, 2.75) is 12.8 Å². The van der Waals surface area contributed by atoms with Crippen LogP contribution in [0.4, 0.5) is 5.82 Å². The Hall–Kier alpha value is -3.54. The summed E-state index contributed by atoms with van der Waals surface area (Å²) in [5.74, 6) is 1.96. The maximum Gasteiger partial charge on any atom is 0.255 e. The Labute approximate surface area is 175 Å². The minimum atomic E-state index is -0.226. The number of ether oxygens (including phenoxy) is 3. The van der Waals surface area contributed by atoms with E-state index in [0.717, 1.165) is 25.9 Å². The molecule has 1 aliphatic rings. The molecule has 9 heteroatoms. The average molecular weight is 411 g/mol. The predicted molar refractivity (Wildman–Crippen MR) is 110 cm³/mol. The van der Waals surface area contributed by atoms with E-state index >= 15 is 0 Å². The quantitative estimate of drug-likeness (QED) is 0.737. The highest BCUT2D eigenvalue weighted by Crippen LogP contribution is 2.39. The molecule has 0 unspecified atom stereocenters. The average Bonchev–Trinajstić information content (AvgIpc) is 2.81. The van der Waals surface area contributed by atoms with Gasteiger partial charge in [-0.05, 0) is 30.9 Å². The molecule has 1 saturated heterocycles. The molecule has 0 aliphatic carbocycles. The van der Waals surface area contributed by atoms with Crippen molar-refractivity contribution >= 4 is 11.7 Å². The van der Waals surface area contributed by atoms with Gasteiger partial charge in [0.25, 0.3) is 5.91 Å². The fourth-order valence-corrected chi connectivity index (χ4v) is 3.60. The van der Waals surface area contributed by atoms with E-state index in [2.05, 4.69) is 26.3 Å². The number of hydrogen-bond acceptors (Lipinski definition) is 8. The Bertz CT molecular complexity index is 935. The number of carbonyl (C=O) groups excluding carboxylic acids is 1. The Morgan fingerprint density at radius 1 is 1.13 bits per heavy atom. The number of amides is 1. The summed E-state index contributed by atoms with van der Waals surface area (Å²) in [4.78, 5) is 23.2. The third-order valence-corrected chi connectivity index (χ3v) is 5.20. The van der Waals surface area contributed by atoms with Crippen LogP contribution in [-0.2, 0) is 0 Å². The molecule has 0 spiro atoms. The maximum atomic E-state index is 12.8. The number of anilines is 1. The lowest BCUT2D eigenvalue weighted by Crippen LogP contribution is -2.39. The van der Waals surface area contributed by atoms with Gasteiger partial charge in [-0.1, -0.05) is 0 Å². The number of nitrogens with one attached hydrogen (secondary N) is 1. The first kappa shape index (κ1) is 21.2. The molecule has 1 amide bonds. The summed E-state index contributed by atoms with van der Waals surface area (Å²) in [6.07, 6.45) is 4.88. The number of rotatable bonds is 7. The van der Waals surface area contributed by atoms with E-state index in [-0.39, 0.29) is 5.91 Å². The van der Waals surface area contributed by atoms with Crippen LogP contribution >= 0.6 is 0 Å². The van der Waals surface area contributed by atoms with Gasteiger partial charge in [-0.3, -0.25) is 4.79 Å². The van der Waals surface area contributed by atoms with E-state index in [1.807, 2.05) is 0 Å². The lowest BCUT2D eigenvalue weighted by atomic mass is 9.96. The number of nitriles is 1. The van der Waals surface area contributed by atoms with Crippen LogP contribution in [0.15, 0.2) is 24.5 Å². The molecule has 0 radical (unpaired) electrons. The number of nitrogens with zero attached hydrogens (tertiary/aromatic N) is 4. The van der Waals surface area contributed by atoms with Gasteiger partial charge in [0.1, 0.15) is 6.07 Å². The fourth-order valence-electron chi connectivity index (χ4n) is 3.60. The van der Waals surface area contributed by atoms with Gasteiger partial charge in [-0.15, -0.1) is 0 Å². The van der Waals surface area contributed by atoms with Crippen molar-refractivity contribution in [3.8, 4) is 23.3 Å². The van der Waals surface area contributed by atoms with Gasteiger partial charge in [-0.25, -0.2) is 9.97 Å². The smallest absolute Gasteiger partial charge is 0.255 e. The van der Waals surface area contributed by atoms with Crippen molar-refractivity contribution in [2.24, 2.45) is 5.92 Å². The minimum Gasteiger partial charge on any atom is -0.493 e. The summed E-state index contributed by atoms with van der Waals surface area (Å²) in [5.41, 5.74) is 0.732. The number of benzene rings is 1. The summed E-state index contributed by atoms with van der Waals surface area (Å²) in [6.45, 7) is 2.07. The van der Waals surface area contributed by atoms with Crippen LogP contribution in [0.1, 0.15) is 28.9 Å². The molecule has 0 bridgehead atoms.